The minimum atomic E-state index is -1.24. The molecule has 0 radical (unpaired) electrons. The molecule has 0 aromatic carbocycles. The Labute approximate surface area is 228 Å². The third kappa shape index (κ3) is 2.86. The van der Waals surface area contributed by atoms with Gasteiger partial charge in [0.05, 0.1) is 31.0 Å². The molecule has 38 heavy (non-hydrogen) atoms. The molecule has 2 heterocycles. The van der Waals surface area contributed by atoms with Gasteiger partial charge in [-0.05, 0) is 98.7 Å². The van der Waals surface area contributed by atoms with E-state index in [2.05, 4.69) is 20.8 Å². The number of hydrogen-bond acceptors (Lipinski definition) is 7. The Balaban J connectivity index is 1.46. The molecule has 7 fully saturated rings. The van der Waals surface area contributed by atoms with E-state index in [1.165, 1.54) is 0 Å². The van der Waals surface area contributed by atoms with Crippen molar-refractivity contribution in [3.05, 3.63) is 0 Å². The molecular formula is C31H52O7. The third-order valence-corrected chi connectivity index (χ3v) is 14.9. The lowest BCUT2D eigenvalue weighted by Crippen LogP contribution is -2.81. The van der Waals surface area contributed by atoms with Crippen LogP contribution in [0.3, 0.4) is 0 Å². The lowest BCUT2D eigenvalue weighted by atomic mass is 9.29. The number of aliphatic hydroxyl groups is 5. The van der Waals surface area contributed by atoms with E-state index in [1.54, 1.807) is 7.11 Å². The smallest absolute Gasteiger partial charge is 0.164 e. The first-order valence-electron chi connectivity index (χ1n) is 15.2. The predicted molar refractivity (Wildman–Crippen MR) is 142 cm³/mol. The number of hydrogen-bond donors (Lipinski definition) is 5. The number of methoxy groups -OCH3 is 1. The van der Waals surface area contributed by atoms with Gasteiger partial charge in [-0.1, -0.05) is 27.7 Å². The van der Waals surface area contributed by atoms with Crippen LogP contribution < -0.4 is 0 Å². The van der Waals surface area contributed by atoms with Gasteiger partial charge in [0.2, 0.25) is 0 Å². The van der Waals surface area contributed by atoms with Crippen molar-refractivity contribution in [2.45, 2.75) is 122 Å². The Hall–Kier alpha value is -0.280. The fourth-order valence-electron chi connectivity index (χ4n) is 12.8. The summed E-state index contributed by atoms with van der Waals surface area (Å²) in [7, 11) is 1.68. The van der Waals surface area contributed by atoms with Crippen molar-refractivity contribution >= 4 is 0 Å². The highest BCUT2D eigenvalue weighted by molar-refractivity contribution is 5.26. The summed E-state index contributed by atoms with van der Waals surface area (Å²) >= 11 is 0. The molecule has 7 heteroatoms. The average molecular weight is 537 g/mol. The first-order valence-corrected chi connectivity index (χ1v) is 15.2. The maximum absolute atomic E-state index is 12.3. The summed E-state index contributed by atoms with van der Waals surface area (Å²) in [6.45, 7) is 10.8. The van der Waals surface area contributed by atoms with Crippen LogP contribution in [0, 0.1) is 50.7 Å². The van der Waals surface area contributed by atoms with Crippen LogP contribution in [0.15, 0.2) is 0 Å². The topological polar surface area (TPSA) is 120 Å². The average Bonchev–Trinajstić information content (AvgIpc) is 2.87. The summed E-state index contributed by atoms with van der Waals surface area (Å²) in [5.74, 6) is 0.106. The molecule has 7 nitrogen and oxygen atoms in total. The van der Waals surface area contributed by atoms with E-state index in [0.29, 0.717) is 19.3 Å². The molecule has 5 N–H and O–H groups in total. The number of ether oxygens (including phenoxy) is 2. The Morgan fingerprint density at radius 1 is 0.816 bits per heavy atom. The molecule has 218 valence electrons. The van der Waals surface area contributed by atoms with E-state index in [1.807, 2.05) is 13.8 Å². The zero-order chi connectivity index (χ0) is 27.7. The van der Waals surface area contributed by atoms with E-state index in [0.717, 1.165) is 38.5 Å². The molecule has 7 rings (SSSR count). The van der Waals surface area contributed by atoms with Crippen LogP contribution in [0.4, 0.5) is 0 Å². The SMILES string of the molecule is COC1O[C@@]2(CO)CC[C@@]13CC[C@]1(C)C(C[C@@H](O)C4[C@@]5(C)CC[C@H](O)[C@](C)(CO)C5CC[C@]41C)C3[C@]2(C)O. The minimum Gasteiger partial charge on any atom is -0.396 e. The number of aliphatic hydroxyl groups excluding tert-OH is 4. The minimum absolute atomic E-state index is 0.0387. The zero-order valence-corrected chi connectivity index (χ0v) is 24.4. The van der Waals surface area contributed by atoms with Crippen LogP contribution >= 0.6 is 0 Å². The summed E-state index contributed by atoms with van der Waals surface area (Å²) in [5.41, 5.74) is -3.68. The standard InChI is InChI=1S/C31H52O7/c1-25-9-8-21(35)26(2,16-32)20(25)7-10-28(4)23(25)19(34)15-18-22-29(5,36)31(17-33)14-13-30(22,24(37-6)38-31)12-11-27(18,28)3/h18-24,32-36H,7-17H2,1-6H3/t18?,19-,20?,21+,22?,23?,24?,25+,26-,27-,28-,29+,30-,31-/m1/s1. The van der Waals surface area contributed by atoms with Crippen LogP contribution in [-0.2, 0) is 9.47 Å². The molecular weight excluding hydrogens is 484 g/mol. The van der Waals surface area contributed by atoms with Gasteiger partial charge >= 0.3 is 0 Å². The van der Waals surface area contributed by atoms with Crippen molar-refractivity contribution in [3.8, 4) is 0 Å². The lowest BCUT2D eigenvalue weighted by Gasteiger charge is -2.77. The van der Waals surface area contributed by atoms with Gasteiger partial charge < -0.3 is 35.0 Å². The lowest BCUT2D eigenvalue weighted by molar-refractivity contribution is -0.429. The van der Waals surface area contributed by atoms with Gasteiger partial charge in [0.1, 0.15) is 5.60 Å². The fraction of sp³-hybridized carbons (Fsp3) is 1.00. The molecule has 0 aromatic rings. The summed E-state index contributed by atoms with van der Waals surface area (Å²) in [6, 6.07) is 0. The van der Waals surface area contributed by atoms with Crippen LogP contribution in [-0.4, -0.2) is 75.6 Å². The second kappa shape index (κ2) is 8.17. The highest BCUT2D eigenvalue weighted by atomic mass is 16.7. The maximum Gasteiger partial charge on any atom is 0.164 e. The van der Waals surface area contributed by atoms with Crippen molar-refractivity contribution < 1.29 is 35.0 Å². The summed E-state index contributed by atoms with van der Waals surface area (Å²) in [6.07, 6.45) is 5.77. The van der Waals surface area contributed by atoms with Gasteiger partial charge in [-0.15, -0.1) is 0 Å². The normalized spacial score (nSPS) is 63.4. The Kier molecular flexibility index (Phi) is 5.99. The van der Waals surface area contributed by atoms with Crippen LogP contribution in [0.5, 0.6) is 0 Å². The second-order valence-corrected chi connectivity index (χ2v) is 15.7. The van der Waals surface area contributed by atoms with Gasteiger partial charge in [0, 0.05) is 23.9 Å². The van der Waals surface area contributed by atoms with E-state index in [9.17, 15) is 25.5 Å². The summed E-state index contributed by atoms with van der Waals surface area (Å²) in [4.78, 5) is 0. The molecule has 1 spiro atoms. The molecule has 14 atom stereocenters. The fourth-order valence-corrected chi connectivity index (χ4v) is 12.8. The van der Waals surface area contributed by atoms with E-state index in [-0.39, 0.29) is 58.5 Å². The largest absolute Gasteiger partial charge is 0.396 e. The molecule has 2 saturated heterocycles. The Morgan fingerprint density at radius 3 is 2.13 bits per heavy atom. The van der Waals surface area contributed by atoms with Gasteiger partial charge in [0.15, 0.2) is 6.29 Å². The van der Waals surface area contributed by atoms with Gasteiger partial charge in [0.25, 0.3) is 0 Å². The molecule has 0 amide bonds. The second-order valence-electron chi connectivity index (χ2n) is 15.7. The molecule has 0 aromatic heterocycles. The van der Waals surface area contributed by atoms with Crippen LogP contribution in [0.1, 0.15) is 92.4 Å². The Bertz CT molecular complexity index is 972. The van der Waals surface area contributed by atoms with Crippen molar-refractivity contribution in [2.75, 3.05) is 20.3 Å². The Morgan fingerprint density at radius 2 is 1.50 bits per heavy atom. The van der Waals surface area contributed by atoms with Gasteiger partial charge in [-0.3, -0.25) is 0 Å². The predicted octanol–water partition coefficient (Wildman–Crippen LogP) is 3.24. The van der Waals surface area contributed by atoms with Crippen molar-refractivity contribution in [3.63, 3.8) is 0 Å². The quantitative estimate of drug-likeness (QED) is 0.376. The summed E-state index contributed by atoms with van der Waals surface area (Å²) in [5, 5.41) is 56.6. The van der Waals surface area contributed by atoms with Crippen LogP contribution in [0.2, 0.25) is 0 Å². The molecule has 5 unspecified atom stereocenters. The highest BCUT2D eigenvalue weighted by Crippen LogP contribution is 2.79. The van der Waals surface area contributed by atoms with E-state index in [4.69, 9.17) is 9.47 Å². The van der Waals surface area contributed by atoms with E-state index < -0.39 is 35.1 Å². The van der Waals surface area contributed by atoms with Gasteiger partial charge in [-0.25, -0.2) is 0 Å². The molecule has 5 saturated carbocycles. The summed E-state index contributed by atoms with van der Waals surface area (Å²) < 4.78 is 12.4. The molecule has 2 aliphatic heterocycles. The highest BCUT2D eigenvalue weighted by Gasteiger charge is 2.79. The maximum atomic E-state index is 12.3. The number of fused-ring (bicyclic) bond motifs is 7. The molecule has 7 aliphatic rings. The van der Waals surface area contributed by atoms with Crippen molar-refractivity contribution in [1.29, 1.82) is 0 Å². The first-order chi connectivity index (χ1) is 17.7. The van der Waals surface area contributed by atoms with Crippen LogP contribution in [0.25, 0.3) is 0 Å². The van der Waals surface area contributed by atoms with Gasteiger partial charge in [-0.2, -0.15) is 0 Å². The zero-order valence-electron chi connectivity index (χ0n) is 24.4. The third-order valence-electron chi connectivity index (χ3n) is 14.9. The molecule has 5 aliphatic carbocycles. The van der Waals surface area contributed by atoms with Crippen molar-refractivity contribution in [2.24, 2.45) is 50.7 Å². The van der Waals surface area contributed by atoms with E-state index >= 15 is 0 Å². The number of rotatable bonds is 3. The monoisotopic (exact) mass is 536 g/mol. The first kappa shape index (κ1) is 27.9. The van der Waals surface area contributed by atoms with Crippen molar-refractivity contribution in [1.82, 2.24) is 0 Å². The molecule has 2 bridgehead atoms.